The van der Waals surface area contributed by atoms with E-state index in [0.717, 1.165) is 44.3 Å². The minimum atomic E-state index is -0.422. The van der Waals surface area contributed by atoms with Crippen molar-refractivity contribution in [3.05, 3.63) is 0 Å². The number of nitrogens with zero attached hydrogens (tertiary/aromatic N) is 2. The van der Waals surface area contributed by atoms with E-state index in [9.17, 15) is 5.11 Å². The molecule has 2 aliphatic rings. The molecule has 0 saturated carbocycles. The van der Waals surface area contributed by atoms with Gasteiger partial charge in [0.2, 0.25) is 0 Å². The smallest absolute Gasteiger partial charge is 0.0798 e. The summed E-state index contributed by atoms with van der Waals surface area (Å²) in [6.45, 7) is 13.5. The van der Waals surface area contributed by atoms with E-state index in [1.54, 1.807) is 0 Å². The molecule has 0 amide bonds. The molecule has 0 aromatic heterocycles. The van der Waals surface area contributed by atoms with Crippen LogP contribution in [-0.4, -0.2) is 59.8 Å². The molecule has 2 aliphatic heterocycles. The van der Waals surface area contributed by atoms with Crippen molar-refractivity contribution in [2.45, 2.75) is 64.9 Å². The molecule has 2 fully saturated rings. The molecule has 124 valence electrons. The van der Waals surface area contributed by atoms with Crippen LogP contribution in [0.15, 0.2) is 0 Å². The van der Waals surface area contributed by atoms with Crippen LogP contribution in [0.1, 0.15) is 59.3 Å². The minimum absolute atomic E-state index is 0.422. The van der Waals surface area contributed by atoms with Crippen molar-refractivity contribution in [3.63, 3.8) is 0 Å². The Morgan fingerprint density at radius 1 is 1.05 bits per heavy atom. The highest BCUT2D eigenvalue weighted by molar-refractivity contribution is 4.89. The molecule has 2 saturated heterocycles. The maximum atomic E-state index is 10.9. The Balaban J connectivity index is 1.71. The zero-order chi connectivity index (χ0) is 15.3. The van der Waals surface area contributed by atoms with E-state index in [2.05, 4.69) is 30.6 Å². The molecule has 0 aromatic carbocycles. The van der Waals surface area contributed by atoms with Gasteiger partial charge in [-0.05, 0) is 70.0 Å². The van der Waals surface area contributed by atoms with Crippen molar-refractivity contribution in [2.75, 3.05) is 39.3 Å². The lowest BCUT2D eigenvalue weighted by Gasteiger charge is -2.42. The van der Waals surface area contributed by atoms with Crippen molar-refractivity contribution in [1.29, 1.82) is 0 Å². The minimum Gasteiger partial charge on any atom is -0.388 e. The zero-order valence-electron chi connectivity index (χ0n) is 14.5. The first-order valence-electron chi connectivity index (χ1n) is 9.18. The molecule has 0 radical (unpaired) electrons. The van der Waals surface area contributed by atoms with Crippen molar-refractivity contribution in [2.24, 2.45) is 11.8 Å². The fraction of sp³-hybridized carbons (Fsp3) is 1.00. The van der Waals surface area contributed by atoms with E-state index >= 15 is 0 Å². The molecule has 3 nitrogen and oxygen atoms in total. The van der Waals surface area contributed by atoms with Gasteiger partial charge in [-0.25, -0.2) is 0 Å². The van der Waals surface area contributed by atoms with E-state index in [1.807, 2.05) is 0 Å². The summed E-state index contributed by atoms with van der Waals surface area (Å²) in [5.74, 6) is 1.75. The van der Waals surface area contributed by atoms with Gasteiger partial charge in [0.15, 0.2) is 0 Å². The third-order valence-corrected chi connectivity index (χ3v) is 5.36. The van der Waals surface area contributed by atoms with Crippen LogP contribution in [0.4, 0.5) is 0 Å². The molecule has 2 heterocycles. The summed E-state index contributed by atoms with van der Waals surface area (Å²) in [6.07, 6.45) is 7.18. The molecule has 0 aromatic rings. The predicted molar refractivity (Wildman–Crippen MR) is 89.5 cm³/mol. The number of β-amino-alcohol motifs (C(OH)–C–C–N with tert-alkyl or cyclic N) is 1. The lowest BCUT2D eigenvalue weighted by Crippen LogP contribution is -2.52. The monoisotopic (exact) mass is 296 g/mol. The second-order valence-corrected chi connectivity index (χ2v) is 7.92. The van der Waals surface area contributed by atoms with Crippen molar-refractivity contribution in [1.82, 2.24) is 9.80 Å². The van der Waals surface area contributed by atoms with E-state index in [4.69, 9.17) is 0 Å². The number of hydrogen-bond donors (Lipinski definition) is 1. The molecule has 0 aliphatic carbocycles. The first-order valence-corrected chi connectivity index (χ1v) is 9.18. The van der Waals surface area contributed by atoms with Gasteiger partial charge in [-0.2, -0.15) is 0 Å². The van der Waals surface area contributed by atoms with Gasteiger partial charge in [0.1, 0.15) is 0 Å². The van der Waals surface area contributed by atoms with E-state index in [-0.39, 0.29) is 0 Å². The maximum absolute atomic E-state index is 10.9. The molecule has 1 N–H and O–H groups in total. The van der Waals surface area contributed by atoms with Crippen LogP contribution in [0.5, 0.6) is 0 Å². The lowest BCUT2D eigenvalue weighted by molar-refractivity contribution is -0.0506. The summed E-state index contributed by atoms with van der Waals surface area (Å²) in [5.41, 5.74) is -0.422. The summed E-state index contributed by atoms with van der Waals surface area (Å²) in [7, 11) is 0. The van der Waals surface area contributed by atoms with Gasteiger partial charge in [0.25, 0.3) is 0 Å². The zero-order valence-corrected chi connectivity index (χ0v) is 14.5. The predicted octanol–water partition coefficient (Wildman–Crippen LogP) is 2.98. The fourth-order valence-electron chi connectivity index (χ4n) is 4.13. The molecule has 0 bridgehead atoms. The molecular weight excluding hydrogens is 260 g/mol. The second kappa shape index (κ2) is 7.94. The molecule has 3 heteroatoms. The van der Waals surface area contributed by atoms with E-state index < -0.39 is 5.60 Å². The van der Waals surface area contributed by atoms with Crippen LogP contribution in [0.3, 0.4) is 0 Å². The van der Waals surface area contributed by atoms with Gasteiger partial charge < -0.3 is 14.9 Å². The molecular formula is C18H36N2O. The Bertz CT molecular complexity index is 290. The normalized spacial score (nSPS) is 25.6. The van der Waals surface area contributed by atoms with Crippen LogP contribution in [0, 0.1) is 11.8 Å². The topological polar surface area (TPSA) is 26.7 Å². The highest BCUT2D eigenvalue weighted by Gasteiger charge is 2.34. The number of rotatable bonds is 6. The Kier molecular flexibility index (Phi) is 6.51. The summed E-state index contributed by atoms with van der Waals surface area (Å²) in [5, 5.41) is 10.9. The van der Waals surface area contributed by atoms with Crippen LogP contribution in [0.2, 0.25) is 0 Å². The quantitative estimate of drug-likeness (QED) is 0.816. The van der Waals surface area contributed by atoms with Gasteiger partial charge in [-0.15, -0.1) is 0 Å². The molecule has 0 spiro atoms. The van der Waals surface area contributed by atoms with Crippen LogP contribution in [0.25, 0.3) is 0 Å². The largest absolute Gasteiger partial charge is 0.388 e. The Hall–Kier alpha value is -0.120. The van der Waals surface area contributed by atoms with Gasteiger partial charge in [0, 0.05) is 19.6 Å². The highest BCUT2D eigenvalue weighted by atomic mass is 16.3. The summed E-state index contributed by atoms with van der Waals surface area (Å²) in [6, 6.07) is 0. The fourth-order valence-corrected chi connectivity index (χ4v) is 4.13. The lowest BCUT2D eigenvalue weighted by atomic mass is 9.86. The third-order valence-electron chi connectivity index (χ3n) is 5.36. The molecule has 21 heavy (non-hydrogen) atoms. The summed E-state index contributed by atoms with van der Waals surface area (Å²) >= 11 is 0. The number of hydrogen-bond acceptors (Lipinski definition) is 3. The average Bonchev–Trinajstić information content (AvgIpc) is 2.44. The maximum Gasteiger partial charge on any atom is 0.0798 e. The number of piperidine rings is 2. The van der Waals surface area contributed by atoms with Crippen LogP contribution >= 0.6 is 0 Å². The summed E-state index contributed by atoms with van der Waals surface area (Å²) < 4.78 is 0. The second-order valence-electron chi connectivity index (χ2n) is 7.92. The van der Waals surface area contributed by atoms with E-state index in [1.165, 1.54) is 45.3 Å². The van der Waals surface area contributed by atoms with Crippen LogP contribution < -0.4 is 0 Å². The standard InChI is InChI=1S/C18H36N2O/c1-4-9-19-12-7-18(21,8-13-19)15-20-10-5-17(6-11-20)14-16(2)3/h16-17,21H,4-15H2,1-3H3. The van der Waals surface area contributed by atoms with Gasteiger partial charge in [-0.3, -0.25) is 0 Å². The molecule has 0 unspecified atom stereocenters. The van der Waals surface area contributed by atoms with Gasteiger partial charge in [-0.1, -0.05) is 20.8 Å². The van der Waals surface area contributed by atoms with Crippen molar-refractivity contribution < 1.29 is 5.11 Å². The Morgan fingerprint density at radius 3 is 2.19 bits per heavy atom. The van der Waals surface area contributed by atoms with Crippen LogP contribution in [-0.2, 0) is 0 Å². The average molecular weight is 296 g/mol. The highest BCUT2D eigenvalue weighted by Crippen LogP contribution is 2.28. The molecule has 2 rings (SSSR count). The number of aliphatic hydroxyl groups is 1. The van der Waals surface area contributed by atoms with Gasteiger partial charge in [0.05, 0.1) is 5.60 Å². The first-order chi connectivity index (χ1) is 10.0. The van der Waals surface area contributed by atoms with Gasteiger partial charge >= 0.3 is 0 Å². The Morgan fingerprint density at radius 2 is 1.67 bits per heavy atom. The van der Waals surface area contributed by atoms with Crippen molar-refractivity contribution >= 4 is 0 Å². The molecule has 0 atom stereocenters. The SMILES string of the molecule is CCCN1CCC(O)(CN2CCC(CC(C)C)CC2)CC1. The van der Waals surface area contributed by atoms with E-state index in [0.29, 0.717) is 0 Å². The Labute approximate surface area is 131 Å². The number of likely N-dealkylation sites (tertiary alicyclic amines) is 2. The third kappa shape index (κ3) is 5.54. The summed E-state index contributed by atoms with van der Waals surface area (Å²) in [4.78, 5) is 5.02. The first kappa shape index (κ1) is 17.2. The van der Waals surface area contributed by atoms with Crippen molar-refractivity contribution in [3.8, 4) is 0 Å².